The molecule has 2 aromatic carbocycles. The molecule has 2 aliphatic heterocycles. The third kappa shape index (κ3) is 5.75. The molecule has 2 aliphatic rings. The summed E-state index contributed by atoms with van der Waals surface area (Å²) in [5, 5.41) is 0. The van der Waals surface area contributed by atoms with Crippen LogP contribution in [0.1, 0.15) is 62.5 Å². The normalized spacial score (nSPS) is 26.6. The number of hydrogen-bond donors (Lipinski definition) is 0. The molecule has 0 atom stereocenters. The topological polar surface area (TPSA) is 36.9 Å². The summed E-state index contributed by atoms with van der Waals surface area (Å²) >= 11 is 0. The zero-order chi connectivity index (χ0) is 21.8. The Morgan fingerprint density at radius 3 is 1.23 bits per heavy atom. The van der Waals surface area contributed by atoms with Crippen LogP contribution in [-0.4, -0.2) is 26.4 Å². The molecule has 4 heteroatoms. The third-order valence-electron chi connectivity index (χ3n) is 5.96. The molecule has 2 aromatic rings. The molecule has 1 spiro atoms. The summed E-state index contributed by atoms with van der Waals surface area (Å²) in [6.45, 7) is 11.2. The molecular weight excluding hydrogens is 388 g/mol. The van der Waals surface area contributed by atoms with Crippen molar-refractivity contribution < 1.29 is 18.9 Å². The van der Waals surface area contributed by atoms with Crippen molar-refractivity contribution in [3.8, 4) is 0 Å². The molecular formula is C27H36O4. The van der Waals surface area contributed by atoms with Gasteiger partial charge in [0.15, 0.2) is 12.6 Å². The van der Waals surface area contributed by atoms with Crippen molar-refractivity contribution in [1.82, 2.24) is 0 Å². The SMILES string of the molecule is CC(C)Cc1ccc(C2OCC3(CO2)COC(c2ccc(CC(C)C)cc2)OC3)cc1. The lowest BCUT2D eigenvalue weighted by atomic mass is 9.90. The van der Waals surface area contributed by atoms with Crippen molar-refractivity contribution in [1.29, 1.82) is 0 Å². The highest BCUT2D eigenvalue weighted by Crippen LogP contribution is 2.38. The Bertz CT molecular complexity index is 734. The lowest BCUT2D eigenvalue weighted by Gasteiger charge is -2.43. The molecule has 0 saturated carbocycles. The van der Waals surface area contributed by atoms with E-state index in [0.717, 1.165) is 24.0 Å². The fourth-order valence-electron chi connectivity index (χ4n) is 4.31. The predicted molar refractivity (Wildman–Crippen MR) is 122 cm³/mol. The van der Waals surface area contributed by atoms with Gasteiger partial charge in [-0.25, -0.2) is 0 Å². The summed E-state index contributed by atoms with van der Waals surface area (Å²) in [6, 6.07) is 17.2. The Kier molecular flexibility index (Phi) is 7.12. The van der Waals surface area contributed by atoms with E-state index in [1.165, 1.54) is 11.1 Å². The van der Waals surface area contributed by atoms with E-state index in [1.54, 1.807) is 0 Å². The van der Waals surface area contributed by atoms with E-state index in [0.29, 0.717) is 38.3 Å². The molecule has 31 heavy (non-hydrogen) atoms. The summed E-state index contributed by atoms with van der Waals surface area (Å²) in [5.41, 5.74) is 4.60. The van der Waals surface area contributed by atoms with Gasteiger partial charge in [0, 0.05) is 11.1 Å². The highest BCUT2D eigenvalue weighted by molar-refractivity contribution is 5.25. The molecule has 2 heterocycles. The van der Waals surface area contributed by atoms with Gasteiger partial charge >= 0.3 is 0 Å². The highest BCUT2D eigenvalue weighted by atomic mass is 16.7. The van der Waals surface area contributed by atoms with Crippen molar-refractivity contribution in [3.05, 3.63) is 70.8 Å². The molecule has 0 N–H and O–H groups in total. The molecule has 2 saturated heterocycles. The lowest BCUT2D eigenvalue weighted by molar-refractivity contribution is -0.307. The Balaban J connectivity index is 1.28. The molecule has 0 radical (unpaired) electrons. The van der Waals surface area contributed by atoms with Crippen molar-refractivity contribution in [2.45, 2.75) is 53.1 Å². The van der Waals surface area contributed by atoms with Crippen LogP contribution >= 0.6 is 0 Å². The largest absolute Gasteiger partial charge is 0.348 e. The minimum absolute atomic E-state index is 0.234. The van der Waals surface area contributed by atoms with Gasteiger partial charge in [0.25, 0.3) is 0 Å². The van der Waals surface area contributed by atoms with Crippen LogP contribution in [0, 0.1) is 17.3 Å². The summed E-state index contributed by atoms with van der Waals surface area (Å²) in [6.07, 6.45) is 1.55. The van der Waals surface area contributed by atoms with Crippen LogP contribution in [-0.2, 0) is 31.8 Å². The van der Waals surface area contributed by atoms with Gasteiger partial charge in [-0.1, -0.05) is 76.2 Å². The van der Waals surface area contributed by atoms with E-state index in [9.17, 15) is 0 Å². The molecule has 0 bridgehead atoms. The second kappa shape index (κ2) is 9.83. The first kappa shape index (κ1) is 22.5. The second-order valence-electron chi connectivity index (χ2n) is 10.1. The summed E-state index contributed by atoms with van der Waals surface area (Å²) in [4.78, 5) is 0. The minimum Gasteiger partial charge on any atom is -0.348 e. The molecule has 0 aromatic heterocycles. The van der Waals surface area contributed by atoms with Crippen molar-refractivity contribution >= 4 is 0 Å². The van der Waals surface area contributed by atoms with E-state index < -0.39 is 0 Å². The monoisotopic (exact) mass is 424 g/mol. The molecule has 0 aliphatic carbocycles. The Labute approximate surface area is 186 Å². The predicted octanol–water partition coefficient (Wildman–Crippen LogP) is 5.86. The first-order chi connectivity index (χ1) is 14.9. The van der Waals surface area contributed by atoms with Crippen LogP contribution in [0.4, 0.5) is 0 Å². The third-order valence-corrected chi connectivity index (χ3v) is 5.96. The molecule has 168 valence electrons. The van der Waals surface area contributed by atoms with Crippen LogP contribution < -0.4 is 0 Å². The van der Waals surface area contributed by atoms with Crippen LogP contribution in [0.25, 0.3) is 0 Å². The molecule has 2 fully saturated rings. The number of hydrogen-bond acceptors (Lipinski definition) is 4. The first-order valence-corrected chi connectivity index (χ1v) is 11.6. The van der Waals surface area contributed by atoms with Crippen LogP contribution in [0.2, 0.25) is 0 Å². The van der Waals surface area contributed by atoms with Crippen molar-refractivity contribution in [3.63, 3.8) is 0 Å². The maximum atomic E-state index is 6.09. The van der Waals surface area contributed by atoms with E-state index in [2.05, 4.69) is 76.2 Å². The van der Waals surface area contributed by atoms with Gasteiger partial charge in [0.1, 0.15) is 0 Å². The standard InChI is InChI=1S/C27H36O4/c1-19(2)13-21-5-9-23(10-6-21)25-28-15-27(16-29-25)17-30-26(31-18-27)24-11-7-22(8-12-24)14-20(3)4/h5-12,19-20,25-26H,13-18H2,1-4H3. The van der Waals surface area contributed by atoms with Gasteiger partial charge in [-0.2, -0.15) is 0 Å². The van der Waals surface area contributed by atoms with Crippen LogP contribution in [0.15, 0.2) is 48.5 Å². The molecule has 4 nitrogen and oxygen atoms in total. The Morgan fingerprint density at radius 2 is 0.935 bits per heavy atom. The number of benzene rings is 2. The smallest absolute Gasteiger partial charge is 0.183 e. The Morgan fingerprint density at radius 1 is 0.613 bits per heavy atom. The molecule has 0 unspecified atom stereocenters. The van der Waals surface area contributed by atoms with E-state index in [4.69, 9.17) is 18.9 Å². The van der Waals surface area contributed by atoms with Crippen LogP contribution in [0.5, 0.6) is 0 Å². The average Bonchev–Trinajstić information content (AvgIpc) is 2.75. The Hall–Kier alpha value is -1.72. The van der Waals surface area contributed by atoms with Gasteiger partial charge in [-0.3, -0.25) is 0 Å². The fraction of sp³-hybridized carbons (Fsp3) is 0.556. The van der Waals surface area contributed by atoms with Gasteiger partial charge in [0.2, 0.25) is 0 Å². The van der Waals surface area contributed by atoms with Crippen LogP contribution in [0.3, 0.4) is 0 Å². The summed E-state index contributed by atoms with van der Waals surface area (Å²) < 4.78 is 24.4. The maximum absolute atomic E-state index is 6.09. The zero-order valence-corrected chi connectivity index (χ0v) is 19.3. The van der Waals surface area contributed by atoms with E-state index in [1.807, 2.05) is 0 Å². The number of rotatable bonds is 6. The first-order valence-electron chi connectivity index (χ1n) is 11.6. The van der Waals surface area contributed by atoms with E-state index >= 15 is 0 Å². The highest BCUT2D eigenvalue weighted by Gasteiger charge is 2.42. The molecule has 4 rings (SSSR count). The quantitative estimate of drug-likeness (QED) is 0.582. The average molecular weight is 425 g/mol. The lowest BCUT2D eigenvalue weighted by Crippen LogP contribution is -2.49. The summed E-state index contributed by atoms with van der Waals surface area (Å²) in [5.74, 6) is 1.31. The maximum Gasteiger partial charge on any atom is 0.183 e. The fourth-order valence-corrected chi connectivity index (χ4v) is 4.31. The summed E-state index contributed by atoms with van der Waals surface area (Å²) in [7, 11) is 0. The minimum atomic E-state index is -0.315. The zero-order valence-electron chi connectivity index (χ0n) is 19.3. The van der Waals surface area contributed by atoms with Gasteiger partial charge < -0.3 is 18.9 Å². The van der Waals surface area contributed by atoms with Crippen molar-refractivity contribution in [2.24, 2.45) is 17.3 Å². The van der Waals surface area contributed by atoms with Gasteiger partial charge in [0.05, 0.1) is 31.8 Å². The van der Waals surface area contributed by atoms with Gasteiger partial charge in [-0.15, -0.1) is 0 Å². The second-order valence-corrected chi connectivity index (χ2v) is 10.1. The number of ether oxygens (including phenoxy) is 4. The van der Waals surface area contributed by atoms with E-state index in [-0.39, 0.29) is 18.0 Å². The van der Waals surface area contributed by atoms with Gasteiger partial charge in [-0.05, 0) is 35.8 Å². The molecule has 0 amide bonds. The van der Waals surface area contributed by atoms with Crippen molar-refractivity contribution in [2.75, 3.05) is 26.4 Å².